The molecule has 55 heavy (non-hydrogen) atoms. The standard InChI is InChI=1S/C50H85O3P2/c1-42(2,3)32-28-34(44(7,8)9)38(35(29-32)45(10,11)12)40(54-51-48(19,20)21)41(55(52-49(22,23)24)53-50(25,26)27)39-36(46(13,14)15)30-33(43(4,5)6)31-37(39)47(16,17)18/h28-31H,1-27H3/i1D3,2D3,3D3,4D3,5D3,6D3,7D3,8D3,9D3,10D3,11D3,12D3,13D3,14D3,15D3,16D3,17D3,18D3. The van der Waals surface area contributed by atoms with E-state index in [0.29, 0.717) is 0 Å². The molecule has 0 spiro atoms. The zero-order chi connectivity index (χ0) is 88.5. The van der Waals surface area contributed by atoms with Crippen molar-refractivity contribution in [1.29, 1.82) is 0 Å². The van der Waals surface area contributed by atoms with Gasteiger partial charge in [0.05, 0.1) is 16.8 Å². The fourth-order valence-corrected chi connectivity index (χ4v) is 7.89. The Kier molecular flexibility index (Phi) is 3.74. The molecule has 0 aliphatic carbocycles. The Labute approximate surface area is 421 Å². The fraction of sp³-hybridized carbons (Fsp3) is 0.720. The summed E-state index contributed by atoms with van der Waals surface area (Å²) in [5.41, 5.74) is -59.5. The van der Waals surface area contributed by atoms with Gasteiger partial charge in [-0.2, -0.15) is 0 Å². The van der Waals surface area contributed by atoms with Crippen molar-refractivity contribution in [3.05, 3.63) is 68.8 Å². The second-order valence-corrected chi connectivity index (χ2v) is 18.2. The topological polar surface area (TPSA) is 27.7 Å². The van der Waals surface area contributed by atoms with E-state index in [1.54, 1.807) is 0 Å². The SMILES string of the molecule is [2H]C([2H])([2H])C(c1cc(C(C([2H])([2H])[2H])(C([2H])([2H])[2H])C([2H])([2H])[2H])c(C([P]OC(C)(C)C)=C(c2c(C(C([2H])([2H])[2H])(C([2H])([2H])[2H])C([2H])([2H])[2H])cc(C(C([2H])([2H])[2H])(C([2H])([2H])[2H])C([2H])([2H])[2H])cc2C(C([2H])([2H])[2H])(C([2H])([2H])[2H])C([2H])([2H])[2H])P(OC(C)(C)C)OC(C)(C)C)c(C(C([2H])([2H])[2H])(C([2H])([2H])[2H])C([2H])([2H])[2H])c1)(C([2H])([2H])[2H])C([2H])([2H])[2H]. The average molecular weight is 851 g/mol. The highest BCUT2D eigenvalue weighted by Gasteiger charge is 2.41. The van der Waals surface area contributed by atoms with Crippen molar-refractivity contribution < 1.29 is 87.6 Å². The van der Waals surface area contributed by atoms with Crippen LogP contribution in [0.3, 0.4) is 0 Å². The van der Waals surface area contributed by atoms with Gasteiger partial charge >= 0.3 is 0 Å². The molecular formula is C50H85O3P2. The summed E-state index contributed by atoms with van der Waals surface area (Å²) < 4.78 is 516. The number of hydrogen-bond acceptors (Lipinski definition) is 3. The van der Waals surface area contributed by atoms with E-state index in [9.17, 15) is 49.3 Å². The van der Waals surface area contributed by atoms with Crippen LogP contribution >= 0.6 is 17.2 Å². The van der Waals surface area contributed by atoms with Crippen LogP contribution in [-0.4, -0.2) is 16.8 Å². The van der Waals surface area contributed by atoms with Crippen LogP contribution in [0, 0.1) is 0 Å². The highest BCUT2D eigenvalue weighted by atomic mass is 31.2. The minimum absolute atomic E-state index is 0.530. The molecule has 0 saturated carbocycles. The predicted octanol–water partition coefficient (Wildman–Crippen LogP) is 16.9. The van der Waals surface area contributed by atoms with Crippen LogP contribution in [-0.2, 0) is 46.1 Å². The zero-order valence-electron chi connectivity index (χ0n) is 85.9. The third kappa shape index (κ3) is 14.0. The number of hydrogen-bond donors (Lipinski definition) is 0. The van der Waals surface area contributed by atoms with Crippen LogP contribution in [0.5, 0.6) is 0 Å². The predicted molar refractivity (Wildman–Crippen MR) is 248 cm³/mol. The van der Waals surface area contributed by atoms with E-state index in [1.807, 2.05) is 0 Å². The summed E-state index contributed by atoms with van der Waals surface area (Å²) in [7, 11) is -6.56. The molecule has 2 rings (SSSR count). The largest absolute Gasteiger partial charge is 0.342 e. The Morgan fingerprint density at radius 2 is 0.727 bits per heavy atom. The van der Waals surface area contributed by atoms with Crippen LogP contribution < -0.4 is 0 Å². The molecule has 0 atom stereocenters. The lowest BCUT2D eigenvalue weighted by Crippen LogP contribution is -2.27. The van der Waals surface area contributed by atoms with E-state index in [0.717, 1.165) is 62.3 Å². The minimum atomic E-state index is -5.47. The third-order valence-electron chi connectivity index (χ3n) is 6.76. The Morgan fingerprint density at radius 3 is 0.982 bits per heavy atom. The lowest BCUT2D eigenvalue weighted by molar-refractivity contribution is 0.0781. The summed E-state index contributed by atoms with van der Waals surface area (Å²) in [6, 6.07) is -2.12. The van der Waals surface area contributed by atoms with Crippen molar-refractivity contribution in [2.45, 2.75) is 235 Å². The van der Waals surface area contributed by atoms with Crippen molar-refractivity contribution in [1.82, 2.24) is 0 Å². The maximum Gasteiger partial charge on any atom is 0.207 e. The summed E-state index contributed by atoms with van der Waals surface area (Å²) in [5.74, 6) is 0. The molecule has 0 amide bonds. The van der Waals surface area contributed by atoms with Gasteiger partial charge in [-0.15, -0.1) is 0 Å². The first kappa shape index (κ1) is 12.7. The van der Waals surface area contributed by atoms with Gasteiger partial charge in [-0.1, -0.05) is 148 Å². The smallest absolute Gasteiger partial charge is 0.207 e. The van der Waals surface area contributed by atoms with Gasteiger partial charge in [-0.25, -0.2) is 0 Å². The summed E-state index contributed by atoms with van der Waals surface area (Å²) in [6.45, 7) is -83.7. The molecule has 0 saturated heterocycles. The van der Waals surface area contributed by atoms with Crippen molar-refractivity contribution in [2.24, 2.45) is 0 Å². The highest BCUT2D eigenvalue weighted by Crippen LogP contribution is 2.66. The van der Waals surface area contributed by atoms with Gasteiger partial charge in [0.1, 0.15) is 8.81 Å². The Hall–Kier alpha value is -1.08. The summed E-state index contributed by atoms with van der Waals surface area (Å²) >= 11 is 0. The summed E-state index contributed by atoms with van der Waals surface area (Å²) in [4.78, 5) is 0. The fourth-order valence-electron chi connectivity index (χ4n) is 4.70. The van der Waals surface area contributed by atoms with Crippen LogP contribution in [0.2, 0.25) is 0 Å². The van der Waals surface area contributed by atoms with E-state index in [1.165, 1.54) is 0 Å². The van der Waals surface area contributed by atoms with Gasteiger partial charge in [0, 0.05) is 84.6 Å². The molecule has 2 aromatic carbocycles. The van der Waals surface area contributed by atoms with Crippen molar-refractivity contribution in [3.8, 4) is 0 Å². The second kappa shape index (κ2) is 16.2. The quantitative estimate of drug-likeness (QED) is 0.205. The highest BCUT2D eigenvalue weighted by molar-refractivity contribution is 7.62. The van der Waals surface area contributed by atoms with Gasteiger partial charge < -0.3 is 13.6 Å². The van der Waals surface area contributed by atoms with E-state index < -0.39 is 269 Å². The van der Waals surface area contributed by atoms with Crippen molar-refractivity contribution >= 4 is 27.8 Å². The molecule has 0 fully saturated rings. The Morgan fingerprint density at radius 1 is 0.436 bits per heavy atom. The zero-order valence-corrected chi connectivity index (χ0v) is 33.7. The molecule has 0 aromatic heterocycles. The first-order valence-electron chi connectivity index (χ1n) is 43.2. The lowest BCUT2D eigenvalue weighted by Gasteiger charge is -2.40. The van der Waals surface area contributed by atoms with Crippen molar-refractivity contribution in [3.63, 3.8) is 0 Å². The molecule has 1 radical (unpaired) electrons. The molecule has 0 unspecified atom stereocenters. The normalized spacial score (nSPS) is 34.1. The number of benzene rings is 2. The minimum Gasteiger partial charge on any atom is -0.342 e. The van der Waals surface area contributed by atoms with Gasteiger partial charge in [-0.3, -0.25) is 0 Å². The van der Waals surface area contributed by atoms with Gasteiger partial charge in [-0.05, 0) is 139 Å². The molecule has 0 heterocycles. The second-order valence-electron chi connectivity index (χ2n) is 16.0. The molecule has 0 aliphatic rings. The van der Waals surface area contributed by atoms with Crippen LogP contribution in [0.25, 0.3) is 10.6 Å². The van der Waals surface area contributed by atoms with Gasteiger partial charge in [0.2, 0.25) is 8.38 Å². The van der Waals surface area contributed by atoms with E-state index in [2.05, 4.69) is 0 Å². The maximum absolute atomic E-state index is 9.35. The summed E-state index contributed by atoms with van der Waals surface area (Å²) in [6.07, 6.45) is 0. The van der Waals surface area contributed by atoms with Gasteiger partial charge in [0.25, 0.3) is 0 Å². The molecule has 0 N–H and O–H groups in total. The van der Waals surface area contributed by atoms with Crippen LogP contribution in [0.4, 0.5) is 0 Å². The van der Waals surface area contributed by atoms with Gasteiger partial charge in [0.15, 0.2) is 0 Å². The molecule has 0 aliphatic heterocycles. The lowest BCUT2D eigenvalue weighted by atomic mass is 9.70. The van der Waals surface area contributed by atoms with E-state index in [-0.39, 0.29) is 0 Å². The first-order valence-corrected chi connectivity index (χ1v) is 18.2. The third-order valence-corrected chi connectivity index (χ3v) is 10.4. The average Bonchev–Trinajstić information content (AvgIpc) is 0.665. The molecule has 0 bridgehead atoms. The molecule has 5 heteroatoms. The van der Waals surface area contributed by atoms with E-state index >= 15 is 0 Å². The van der Waals surface area contributed by atoms with Crippen LogP contribution in [0.15, 0.2) is 24.3 Å². The molecule has 313 valence electrons. The summed E-state index contributed by atoms with van der Waals surface area (Å²) in [5, 5.41) is -4.42. The molecule has 2 aromatic rings. The molecular weight excluding hydrogens is 710 g/mol. The van der Waals surface area contributed by atoms with E-state index in [4.69, 9.17) is 38.2 Å². The number of rotatable bonds is 7. The van der Waals surface area contributed by atoms with Crippen LogP contribution in [0.1, 0.15) is 304 Å². The maximum atomic E-state index is 9.35. The first-order chi connectivity index (χ1) is 46.5. The Balaban J connectivity index is 5.76. The molecule has 3 nitrogen and oxygen atoms in total. The monoisotopic (exact) mass is 850 g/mol. The van der Waals surface area contributed by atoms with Crippen molar-refractivity contribution in [2.75, 3.05) is 0 Å². The Bertz CT molecular complexity index is 3220.